The molecule has 0 spiro atoms. The lowest BCUT2D eigenvalue weighted by molar-refractivity contribution is 0.645. The third-order valence-electron chi connectivity index (χ3n) is 10.2. The summed E-state index contributed by atoms with van der Waals surface area (Å²) in [5.41, 5.74) is 11.3. The van der Waals surface area contributed by atoms with Gasteiger partial charge in [-0.05, 0) is 93.7 Å². The van der Waals surface area contributed by atoms with Crippen molar-refractivity contribution in [2.45, 2.75) is 38.5 Å². The molecule has 0 saturated carbocycles. The lowest BCUT2D eigenvalue weighted by Crippen LogP contribution is -2.19. The van der Waals surface area contributed by atoms with Crippen LogP contribution in [0.1, 0.15) is 49.9 Å². The van der Waals surface area contributed by atoms with Gasteiger partial charge in [-0.15, -0.1) is 0 Å². The Kier molecular flexibility index (Phi) is 4.03. The molecule has 0 aromatic heterocycles. The minimum atomic E-state index is -0.0989. The van der Waals surface area contributed by atoms with Gasteiger partial charge in [-0.2, -0.15) is 0 Å². The average molecular weight is 511 g/mol. The zero-order valence-corrected chi connectivity index (χ0v) is 23.4. The minimum absolute atomic E-state index is 0.0989. The van der Waals surface area contributed by atoms with Crippen molar-refractivity contribution in [1.82, 2.24) is 0 Å². The van der Waals surface area contributed by atoms with Gasteiger partial charge in [0.25, 0.3) is 0 Å². The second kappa shape index (κ2) is 7.20. The van der Waals surface area contributed by atoms with Crippen LogP contribution in [0.3, 0.4) is 0 Å². The Morgan fingerprint density at radius 3 is 1.02 bits per heavy atom. The van der Waals surface area contributed by atoms with E-state index in [1.807, 2.05) is 0 Å². The molecule has 0 bridgehead atoms. The molecule has 9 rings (SSSR count). The molecule has 40 heavy (non-hydrogen) atoms. The van der Waals surface area contributed by atoms with E-state index < -0.39 is 0 Å². The quantitative estimate of drug-likeness (QED) is 0.178. The van der Waals surface area contributed by atoms with Crippen LogP contribution >= 0.6 is 0 Å². The zero-order chi connectivity index (χ0) is 27.0. The number of hydrogen-bond donors (Lipinski definition) is 0. The molecule has 0 heterocycles. The monoisotopic (exact) mass is 510 g/mol. The van der Waals surface area contributed by atoms with Crippen LogP contribution in [0.25, 0.3) is 65.3 Å². The van der Waals surface area contributed by atoms with Crippen LogP contribution in [-0.2, 0) is 10.8 Å². The number of fused-ring (bicyclic) bond motifs is 16. The maximum atomic E-state index is 2.58. The molecular formula is C40H30. The number of rotatable bonds is 0. The van der Waals surface area contributed by atoms with Crippen LogP contribution in [-0.4, -0.2) is 0 Å². The summed E-state index contributed by atoms with van der Waals surface area (Å²) in [5.74, 6) is 0. The molecule has 7 aromatic rings. The van der Waals surface area contributed by atoms with E-state index in [0.717, 1.165) is 0 Å². The Morgan fingerprint density at radius 2 is 0.650 bits per heavy atom. The molecule has 0 aliphatic heterocycles. The lowest BCUT2D eigenvalue weighted by atomic mass is 9.76. The topological polar surface area (TPSA) is 0 Å². The van der Waals surface area contributed by atoms with E-state index in [2.05, 4.69) is 137 Å². The van der Waals surface area contributed by atoms with Crippen molar-refractivity contribution in [1.29, 1.82) is 0 Å². The van der Waals surface area contributed by atoms with Gasteiger partial charge in [-0.3, -0.25) is 0 Å². The highest BCUT2D eigenvalue weighted by molar-refractivity contribution is 6.21. The predicted molar refractivity (Wildman–Crippen MR) is 172 cm³/mol. The summed E-state index contributed by atoms with van der Waals surface area (Å²) >= 11 is 0. The summed E-state index contributed by atoms with van der Waals surface area (Å²) in [5, 5.41) is 10.9. The zero-order valence-electron chi connectivity index (χ0n) is 23.4. The molecule has 2 aliphatic carbocycles. The van der Waals surface area contributed by atoms with Crippen molar-refractivity contribution in [2.75, 3.05) is 0 Å². The van der Waals surface area contributed by atoms with Crippen LogP contribution in [0.4, 0.5) is 0 Å². The maximum Gasteiger partial charge on any atom is 0.0165 e. The molecule has 0 fully saturated rings. The molecule has 0 unspecified atom stereocenters. The first-order valence-electron chi connectivity index (χ1n) is 14.5. The molecule has 0 heteroatoms. The van der Waals surface area contributed by atoms with Gasteiger partial charge in [0.15, 0.2) is 0 Å². The molecule has 0 saturated heterocycles. The smallest absolute Gasteiger partial charge is 0.0165 e. The standard InChI is InChI=1S/C40H30/c1-39(2)33-22-34-32(21-31(33)35-27-17-9-5-13-23(27)25-15-7-11-19-29(25)37(35)39)36-28-18-10-6-14-24(28)26-16-8-12-20-30(26)38(36)40(34,3)4/h5-22H,1-4H3. The van der Waals surface area contributed by atoms with Crippen molar-refractivity contribution in [3.63, 3.8) is 0 Å². The Balaban J connectivity index is 1.48. The van der Waals surface area contributed by atoms with Crippen molar-refractivity contribution in [3.05, 3.63) is 131 Å². The van der Waals surface area contributed by atoms with E-state index in [9.17, 15) is 0 Å². The molecular weight excluding hydrogens is 480 g/mol. The van der Waals surface area contributed by atoms with Gasteiger partial charge < -0.3 is 0 Å². The summed E-state index contributed by atoms with van der Waals surface area (Å²) in [6.45, 7) is 9.74. The molecule has 190 valence electrons. The average Bonchev–Trinajstić information content (AvgIpc) is 3.36. The van der Waals surface area contributed by atoms with E-state index in [4.69, 9.17) is 0 Å². The van der Waals surface area contributed by atoms with Crippen LogP contribution in [0.5, 0.6) is 0 Å². The third kappa shape index (κ3) is 2.49. The van der Waals surface area contributed by atoms with Crippen molar-refractivity contribution < 1.29 is 0 Å². The van der Waals surface area contributed by atoms with E-state index in [1.165, 1.54) is 87.6 Å². The summed E-state index contributed by atoms with van der Waals surface area (Å²) in [4.78, 5) is 0. The summed E-state index contributed by atoms with van der Waals surface area (Å²) < 4.78 is 0. The van der Waals surface area contributed by atoms with E-state index in [0.29, 0.717) is 0 Å². The van der Waals surface area contributed by atoms with Gasteiger partial charge in [0.2, 0.25) is 0 Å². The van der Waals surface area contributed by atoms with Gasteiger partial charge in [0, 0.05) is 10.8 Å². The SMILES string of the molecule is CC1(C)c2cc3c(cc2-c2c1c1ccccc1c1ccccc21)-c1c(c2ccccc2c2ccccc12)C3(C)C. The van der Waals surface area contributed by atoms with Crippen molar-refractivity contribution in [2.24, 2.45) is 0 Å². The molecule has 0 amide bonds. The molecule has 0 radical (unpaired) electrons. The fourth-order valence-corrected chi connectivity index (χ4v) is 8.46. The lowest BCUT2D eigenvalue weighted by Gasteiger charge is -2.27. The molecule has 0 nitrogen and oxygen atoms in total. The Morgan fingerprint density at radius 1 is 0.350 bits per heavy atom. The van der Waals surface area contributed by atoms with Gasteiger partial charge in [-0.25, -0.2) is 0 Å². The van der Waals surface area contributed by atoms with Gasteiger partial charge >= 0.3 is 0 Å². The fraction of sp³-hybridized carbons (Fsp3) is 0.150. The highest BCUT2D eigenvalue weighted by atomic mass is 14.5. The van der Waals surface area contributed by atoms with Crippen molar-refractivity contribution in [3.8, 4) is 22.3 Å². The highest BCUT2D eigenvalue weighted by Gasteiger charge is 2.44. The van der Waals surface area contributed by atoms with Gasteiger partial charge in [-0.1, -0.05) is 131 Å². The first-order valence-corrected chi connectivity index (χ1v) is 14.5. The van der Waals surface area contributed by atoms with E-state index in [-0.39, 0.29) is 10.8 Å². The van der Waals surface area contributed by atoms with Crippen LogP contribution in [0.15, 0.2) is 109 Å². The molecule has 0 N–H and O–H groups in total. The van der Waals surface area contributed by atoms with Crippen LogP contribution in [0, 0.1) is 0 Å². The second-order valence-corrected chi connectivity index (χ2v) is 12.9. The Bertz CT molecular complexity index is 2100. The largest absolute Gasteiger partial charge is 0.0616 e. The Labute approximate surface area is 234 Å². The van der Waals surface area contributed by atoms with Crippen LogP contribution in [0.2, 0.25) is 0 Å². The van der Waals surface area contributed by atoms with Crippen LogP contribution < -0.4 is 0 Å². The summed E-state index contributed by atoms with van der Waals surface area (Å²) in [7, 11) is 0. The summed E-state index contributed by atoms with van der Waals surface area (Å²) in [6.07, 6.45) is 0. The normalized spacial score (nSPS) is 15.9. The molecule has 2 aliphatic rings. The first kappa shape index (κ1) is 22.4. The molecule has 0 atom stereocenters. The van der Waals surface area contributed by atoms with E-state index in [1.54, 1.807) is 0 Å². The van der Waals surface area contributed by atoms with Gasteiger partial charge in [0.05, 0.1) is 0 Å². The maximum absolute atomic E-state index is 2.58. The fourth-order valence-electron chi connectivity index (χ4n) is 8.46. The molecule has 7 aromatic carbocycles. The van der Waals surface area contributed by atoms with Crippen molar-refractivity contribution >= 4 is 43.1 Å². The Hall–Kier alpha value is -4.42. The second-order valence-electron chi connectivity index (χ2n) is 12.9. The third-order valence-corrected chi connectivity index (χ3v) is 10.2. The number of benzene rings is 7. The highest BCUT2D eigenvalue weighted by Crippen LogP contribution is 2.60. The predicted octanol–water partition coefficient (Wildman–Crippen LogP) is 10.9. The number of hydrogen-bond acceptors (Lipinski definition) is 0. The van der Waals surface area contributed by atoms with Gasteiger partial charge in [0.1, 0.15) is 0 Å². The van der Waals surface area contributed by atoms with E-state index >= 15 is 0 Å². The summed E-state index contributed by atoms with van der Waals surface area (Å²) in [6, 6.07) is 41.2. The minimum Gasteiger partial charge on any atom is -0.0616 e. The first-order chi connectivity index (χ1) is 19.4.